The summed E-state index contributed by atoms with van der Waals surface area (Å²) in [5.41, 5.74) is 0.0304. The molecule has 0 unspecified atom stereocenters. The number of piperidine rings is 1. The van der Waals surface area contributed by atoms with Gasteiger partial charge in [-0.15, -0.1) is 0 Å². The molecule has 3 rings (SSSR count). The maximum absolute atomic E-state index is 13.4. The number of amides is 2. The Bertz CT molecular complexity index is 732. The fourth-order valence-electron chi connectivity index (χ4n) is 3.50. The molecule has 1 aromatic carbocycles. The number of anilines is 1. The first-order valence-electron chi connectivity index (χ1n) is 8.65. The number of carbonyl (C=O) groups is 3. The van der Waals surface area contributed by atoms with E-state index in [1.807, 2.05) is 4.90 Å². The number of nitrogens with zero attached hydrogens (tertiary/aromatic N) is 2. The molecule has 0 radical (unpaired) electrons. The minimum Gasteiger partial charge on any atom is -0.466 e. The zero-order chi connectivity index (χ0) is 18.8. The Morgan fingerprint density at radius 3 is 2.50 bits per heavy atom. The molecular weight excluding hydrogens is 346 g/mol. The highest BCUT2D eigenvalue weighted by Crippen LogP contribution is 2.29. The van der Waals surface area contributed by atoms with Crippen LogP contribution >= 0.6 is 0 Å². The van der Waals surface area contributed by atoms with E-state index in [1.165, 1.54) is 6.07 Å². The fourth-order valence-corrected chi connectivity index (χ4v) is 3.50. The molecule has 26 heavy (non-hydrogen) atoms. The lowest BCUT2D eigenvalue weighted by Gasteiger charge is -2.33. The van der Waals surface area contributed by atoms with Crippen molar-refractivity contribution in [2.75, 3.05) is 24.6 Å². The van der Waals surface area contributed by atoms with E-state index < -0.39 is 29.5 Å². The molecular formula is C18H20F2N2O4. The van der Waals surface area contributed by atoms with Gasteiger partial charge in [0.1, 0.15) is 0 Å². The third-order valence-corrected chi connectivity index (χ3v) is 4.87. The molecule has 2 aliphatic heterocycles. The minimum absolute atomic E-state index is 0.0120. The largest absolute Gasteiger partial charge is 0.466 e. The van der Waals surface area contributed by atoms with Gasteiger partial charge in [-0.3, -0.25) is 19.3 Å². The number of halogens is 2. The van der Waals surface area contributed by atoms with E-state index in [1.54, 1.807) is 6.92 Å². The van der Waals surface area contributed by atoms with E-state index in [-0.39, 0.29) is 24.0 Å². The van der Waals surface area contributed by atoms with Gasteiger partial charge in [0.15, 0.2) is 11.6 Å². The summed E-state index contributed by atoms with van der Waals surface area (Å²) in [7, 11) is 0. The third-order valence-electron chi connectivity index (χ3n) is 4.87. The summed E-state index contributed by atoms with van der Waals surface area (Å²) >= 11 is 0. The zero-order valence-electron chi connectivity index (χ0n) is 14.4. The van der Waals surface area contributed by atoms with Crippen molar-refractivity contribution in [3.63, 3.8) is 0 Å². The Morgan fingerprint density at radius 2 is 1.88 bits per heavy atom. The van der Waals surface area contributed by atoms with Gasteiger partial charge in [-0.1, -0.05) is 0 Å². The number of benzene rings is 1. The van der Waals surface area contributed by atoms with Crippen LogP contribution in [-0.2, 0) is 19.1 Å². The van der Waals surface area contributed by atoms with Gasteiger partial charge in [0.25, 0.3) is 5.91 Å². The Kier molecular flexibility index (Phi) is 5.31. The van der Waals surface area contributed by atoms with E-state index in [2.05, 4.69) is 0 Å². The molecule has 1 atom stereocenters. The lowest BCUT2D eigenvalue weighted by atomic mass is 9.95. The molecule has 2 heterocycles. The van der Waals surface area contributed by atoms with E-state index in [0.717, 1.165) is 17.0 Å². The van der Waals surface area contributed by atoms with E-state index in [0.29, 0.717) is 32.5 Å². The second kappa shape index (κ2) is 7.49. The van der Waals surface area contributed by atoms with Crippen LogP contribution in [0.3, 0.4) is 0 Å². The van der Waals surface area contributed by atoms with Crippen LogP contribution < -0.4 is 4.90 Å². The highest BCUT2D eigenvalue weighted by Gasteiger charge is 2.44. The zero-order valence-corrected chi connectivity index (χ0v) is 14.4. The smallest absolute Gasteiger partial charge is 0.309 e. The van der Waals surface area contributed by atoms with Gasteiger partial charge in [0.2, 0.25) is 5.91 Å². The number of hydrogen-bond donors (Lipinski definition) is 0. The van der Waals surface area contributed by atoms with Gasteiger partial charge >= 0.3 is 5.97 Å². The van der Waals surface area contributed by atoms with Crippen molar-refractivity contribution >= 4 is 23.5 Å². The topological polar surface area (TPSA) is 66.9 Å². The highest BCUT2D eigenvalue weighted by molar-refractivity contribution is 6.22. The first kappa shape index (κ1) is 18.4. The SMILES string of the molecule is CCOC(=O)C1CCN([C@@H]2CC(=O)N(c3ccc(F)c(F)c3)C2=O)CC1. The summed E-state index contributed by atoms with van der Waals surface area (Å²) < 4.78 is 31.6. The van der Waals surface area contributed by atoms with Gasteiger partial charge in [-0.05, 0) is 45.0 Å². The molecule has 0 aromatic heterocycles. The molecule has 0 aliphatic carbocycles. The van der Waals surface area contributed by atoms with Crippen molar-refractivity contribution in [3.05, 3.63) is 29.8 Å². The number of rotatable bonds is 4. The average Bonchev–Trinajstić information content (AvgIpc) is 2.92. The number of esters is 1. The minimum atomic E-state index is -1.11. The van der Waals surface area contributed by atoms with Crippen LogP contribution in [0.25, 0.3) is 0 Å². The van der Waals surface area contributed by atoms with Crippen LogP contribution in [0.4, 0.5) is 14.5 Å². The molecule has 2 saturated heterocycles. The molecule has 2 fully saturated rings. The van der Waals surface area contributed by atoms with Crippen molar-refractivity contribution in [1.29, 1.82) is 0 Å². The van der Waals surface area contributed by atoms with Crippen LogP contribution in [0.1, 0.15) is 26.2 Å². The number of ether oxygens (including phenoxy) is 1. The standard InChI is InChI=1S/C18H20F2N2O4/c1-2-26-18(25)11-5-7-21(8-6-11)15-10-16(23)22(17(15)24)12-3-4-13(19)14(20)9-12/h3-4,9,11,15H,2,5-8,10H2,1H3/t15-/m1/s1. The first-order valence-corrected chi connectivity index (χ1v) is 8.65. The predicted molar refractivity (Wildman–Crippen MR) is 88.2 cm³/mol. The molecule has 1 aromatic rings. The number of carbonyl (C=O) groups excluding carboxylic acids is 3. The molecule has 2 amide bonds. The average molecular weight is 366 g/mol. The van der Waals surface area contributed by atoms with Crippen LogP contribution in [0, 0.1) is 17.6 Å². The fraction of sp³-hybridized carbons (Fsp3) is 0.500. The van der Waals surface area contributed by atoms with Crippen molar-refractivity contribution in [1.82, 2.24) is 4.90 Å². The second-order valence-corrected chi connectivity index (χ2v) is 6.45. The third kappa shape index (κ3) is 3.46. The highest BCUT2D eigenvalue weighted by atomic mass is 19.2. The maximum atomic E-state index is 13.4. The first-order chi connectivity index (χ1) is 12.4. The van der Waals surface area contributed by atoms with Crippen LogP contribution in [0.5, 0.6) is 0 Å². The normalized spacial score (nSPS) is 22.1. The van der Waals surface area contributed by atoms with Crippen molar-refractivity contribution < 1.29 is 27.9 Å². The van der Waals surface area contributed by atoms with Gasteiger partial charge in [0.05, 0.1) is 30.7 Å². The predicted octanol–water partition coefficient (Wildman–Crippen LogP) is 1.87. The number of likely N-dealkylation sites (tertiary alicyclic amines) is 1. The quantitative estimate of drug-likeness (QED) is 0.601. The summed E-state index contributed by atoms with van der Waals surface area (Å²) in [5, 5.41) is 0. The lowest BCUT2D eigenvalue weighted by Crippen LogP contribution is -2.47. The molecule has 8 heteroatoms. The number of imide groups is 1. The Labute approximate surface area is 149 Å². The van der Waals surface area contributed by atoms with Crippen molar-refractivity contribution in [2.24, 2.45) is 5.92 Å². The summed E-state index contributed by atoms with van der Waals surface area (Å²) in [4.78, 5) is 39.5. The van der Waals surface area contributed by atoms with Gasteiger partial charge in [-0.2, -0.15) is 0 Å². The van der Waals surface area contributed by atoms with Crippen LogP contribution in [0.15, 0.2) is 18.2 Å². The summed E-state index contributed by atoms with van der Waals surface area (Å²) in [6.07, 6.45) is 1.10. The summed E-state index contributed by atoms with van der Waals surface area (Å²) in [6, 6.07) is 2.31. The Morgan fingerprint density at radius 1 is 1.19 bits per heavy atom. The summed E-state index contributed by atoms with van der Waals surface area (Å²) in [5.74, 6) is -3.47. The molecule has 0 N–H and O–H groups in total. The van der Waals surface area contributed by atoms with Gasteiger partial charge < -0.3 is 4.74 Å². The molecule has 0 bridgehead atoms. The van der Waals surface area contributed by atoms with E-state index >= 15 is 0 Å². The second-order valence-electron chi connectivity index (χ2n) is 6.45. The van der Waals surface area contributed by atoms with E-state index in [9.17, 15) is 23.2 Å². The van der Waals surface area contributed by atoms with Gasteiger partial charge in [0, 0.05) is 6.07 Å². The Hall–Kier alpha value is -2.35. The maximum Gasteiger partial charge on any atom is 0.309 e. The molecule has 140 valence electrons. The monoisotopic (exact) mass is 366 g/mol. The number of hydrogen-bond acceptors (Lipinski definition) is 5. The molecule has 6 nitrogen and oxygen atoms in total. The Balaban J connectivity index is 1.68. The summed E-state index contributed by atoms with van der Waals surface area (Å²) in [6.45, 7) is 3.08. The molecule has 0 saturated carbocycles. The van der Waals surface area contributed by atoms with E-state index in [4.69, 9.17) is 4.74 Å². The van der Waals surface area contributed by atoms with Gasteiger partial charge in [-0.25, -0.2) is 13.7 Å². The molecule has 2 aliphatic rings. The molecule has 0 spiro atoms. The lowest BCUT2D eigenvalue weighted by molar-refractivity contribution is -0.149. The van der Waals surface area contributed by atoms with Crippen LogP contribution in [0.2, 0.25) is 0 Å². The van der Waals surface area contributed by atoms with Crippen LogP contribution in [-0.4, -0.2) is 48.4 Å². The van der Waals surface area contributed by atoms with Crippen molar-refractivity contribution in [2.45, 2.75) is 32.2 Å². The van der Waals surface area contributed by atoms with Crippen molar-refractivity contribution in [3.8, 4) is 0 Å².